The van der Waals surface area contributed by atoms with Crippen molar-refractivity contribution in [1.29, 1.82) is 0 Å². The molecule has 0 unspecified atom stereocenters. The molecule has 0 aliphatic carbocycles. The lowest BCUT2D eigenvalue weighted by Crippen LogP contribution is -2.27. The van der Waals surface area contributed by atoms with E-state index < -0.39 is 0 Å². The minimum Gasteiger partial charge on any atom is -0.466 e. The van der Waals surface area contributed by atoms with Gasteiger partial charge in [-0.05, 0) is 46.8 Å². The molecule has 13 nitrogen and oxygen atoms in total. The van der Waals surface area contributed by atoms with Crippen LogP contribution in [-0.2, 0) is 22.7 Å². The Labute approximate surface area is 211 Å². The predicted octanol–water partition coefficient (Wildman–Crippen LogP) is 3.46. The zero-order valence-corrected chi connectivity index (χ0v) is 21.1. The molecule has 0 fully saturated rings. The maximum absolute atomic E-state index is 12.1. The molecule has 0 saturated heterocycles. The molecule has 5 aromatic heterocycles. The molecule has 1 N–H and O–H groups in total. The summed E-state index contributed by atoms with van der Waals surface area (Å²) in [4.78, 5) is 25.5. The van der Waals surface area contributed by atoms with Crippen LogP contribution in [0, 0.1) is 20.8 Å². The van der Waals surface area contributed by atoms with Crippen molar-refractivity contribution in [2.75, 3.05) is 6.61 Å². The Hall–Kier alpha value is -4.39. The van der Waals surface area contributed by atoms with Crippen molar-refractivity contribution in [3.8, 4) is 22.7 Å². The highest BCUT2D eigenvalue weighted by atomic mass is 16.5. The Morgan fingerprint density at radius 2 is 1.92 bits per heavy atom. The number of nitrogens with zero attached hydrogens (tertiary/aromatic N) is 7. The molecular weight excluding hydrogens is 480 g/mol. The van der Waals surface area contributed by atoms with E-state index in [1.54, 1.807) is 13.1 Å². The van der Waals surface area contributed by atoms with Gasteiger partial charge in [-0.25, -0.2) is 9.67 Å². The first-order chi connectivity index (χ1) is 17.8. The van der Waals surface area contributed by atoms with Crippen LogP contribution in [0.5, 0.6) is 0 Å². The van der Waals surface area contributed by atoms with Crippen LogP contribution in [0.15, 0.2) is 31.8 Å². The second-order valence-electron chi connectivity index (χ2n) is 8.82. The Bertz CT molecular complexity index is 1560. The van der Waals surface area contributed by atoms with Crippen LogP contribution in [0.4, 0.5) is 0 Å². The number of hydrogen-bond acceptors (Lipinski definition) is 11. The minimum atomic E-state index is -0.347. The first-order valence-electron chi connectivity index (χ1n) is 11.7. The molecule has 5 rings (SSSR count). The molecule has 0 radical (unpaired) electrons. The molecule has 1 amide bonds. The van der Waals surface area contributed by atoms with E-state index in [0.717, 1.165) is 22.5 Å². The molecule has 192 valence electrons. The lowest BCUT2D eigenvalue weighted by molar-refractivity contribution is -0.126. The zero-order chi connectivity index (χ0) is 26.1. The number of carbonyl (C=O) groups is 1. The molecule has 0 spiro atoms. The van der Waals surface area contributed by atoms with Crippen molar-refractivity contribution in [2.45, 2.75) is 53.8 Å². The molecule has 0 aliphatic heterocycles. The van der Waals surface area contributed by atoms with Crippen LogP contribution in [0.1, 0.15) is 48.9 Å². The van der Waals surface area contributed by atoms with Gasteiger partial charge >= 0.3 is 0 Å². The second-order valence-corrected chi connectivity index (χ2v) is 8.82. The topological polar surface area (TPSA) is 160 Å². The van der Waals surface area contributed by atoms with Crippen LogP contribution in [0.3, 0.4) is 0 Å². The van der Waals surface area contributed by atoms with Crippen LogP contribution < -0.4 is 5.32 Å². The fourth-order valence-corrected chi connectivity index (χ4v) is 3.89. The van der Waals surface area contributed by atoms with Crippen molar-refractivity contribution < 1.29 is 23.0 Å². The Morgan fingerprint density at radius 1 is 1.08 bits per heavy atom. The fourth-order valence-electron chi connectivity index (χ4n) is 3.89. The van der Waals surface area contributed by atoms with Gasteiger partial charge in [-0.1, -0.05) is 10.3 Å². The summed E-state index contributed by atoms with van der Waals surface area (Å²) in [5.74, 6) is 2.62. The molecule has 0 bridgehead atoms. The normalized spacial score (nSPS) is 11.6. The average Bonchev–Trinajstić information content (AvgIpc) is 3.64. The highest BCUT2D eigenvalue weighted by Gasteiger charge is 2.21. The first kappa shape index (κ1) is 24.3. The number of fused-ring (bicyclic) bond motifs is 1. The fraction of sp³-hybridized carbons (Fsp3) is 0.375. The van der Waals surface area contributed by atoms with Gasteiger partial charge in [-0.3, -0.25) is 4.79 Å². The lowest BCUT2D eigenvalue weighted by atomic mass is 10.1. The highest BCUT2D eigenvalue weighted by molar-refractivity contribution is 5.93. The van der Waals surface area contributed by atoms with E-state index in [1.165, 1.54) is 0 Å². The molecule has 13 heteroatoms. The van der Waals surface area contributed by atoms with Gasteiger partial charge in [0.25, 0.3) is 11.8 Å². The van der Waals surface area contributed by atoms with Gasteiger partial charge in [0, 0.05) is 11.6 Å². The summed E-state index contributed by atoms with van der Waals surface area (Å²) in [5, 5.41) is 15.7. The first-order valence-corrected chi connectivity index (χ1v) is 11.7. The van der Waals surface area contributed by atoms with E-state index in [9.17, 15) is 4.79 Å². The van der Waals surface area contributed by atoms with E-state index in [2.05, 4.69) is 30.7 Å². The quantitative estimate of drug-likeness (QED) is 0.312. The SMILES string of the molecule is Cc1noc(COCC(=O)NCc2noc(-c3cc(-c4cc(C)oc4C)nc4c3cnn4C(C)C)n2)n1. The summed E-state index contributed by atoms with van der Waals surface area (Å²) >= 11 is 0. The Balaban J connectivity index is 1.34. The van der Waals surface area contributed by atoms with Crippen LogP contribution >= 0.6 is 0 Å². The summed E-state index contributed by atoms with van der Waals surface area (Å²) in [6.07, 6.45) is 1.74. The maximum Gasteiger partial charge on any atom is 0.258 e. The number of ether oxygens (including phenoxy) is 1. The third kappa shape index (κ3) is 5.11. The van der Waals surface area contributed by atoms with Crippen LogP contribution in [0.25, 0.3) is 33.7 Å². The van der Waals surface area contributed by atoms with E-state index in [0.29, 0.717) is 40.3 Å². The van der Waals surface area contributed by atoms with Gasteiger partial charge in [-0.15, -0.1) is 0 Å². The van der Waals surface area contributed by atoms with E-state index in [1.807, 2.05) is 44.5 Å². The highest BCUT2D eigenvalue weighted by Crippen LogP contribution is 2.34. The van der Waals surface area contributed by atoms with Gasteiger partial charge < -0.3 is 23.5 Å². The number of nitrogens with one attached hydrogen (secondary N) is 1. The third-order valence-electron chi connectivity index (χ3n) is 5.54. The molecule has 0 atom stereocenters. The van der Waals surface area contributed by atoms with Crippen molar-refractivity contribution in [2.24, 2.45) is 0 Å². The smallest absolute Gasteiger partial charge is 0.258 e. The molecule has 0 aromatic carbocycles. The summed E-state index contributed by atoms with van der Waals surface area (Å²) in [7, 11) is 0. The number of aryl methyl sites for hydroxylation is 3. The number of amides is 1. The molecule has 5 heterocycles. The van der Waals surface area contributed by atoms with Crippen molar-refractivity contribution in [1.82, 2.24) is 40.4 Å². The molecule has 0 aliphatic rings. The second kappa shape index (κ2) is 9.93. The average molecular weight is 507 g/mol. The molecular formula is C24H26N8O5. The van der Waals surface area contributed by atoms with Crippen molar-refractivity contribution in [3.63, 3.8) is 0 Å². The molecule has 5 aromatic rings. The zero-order valence-electron chi connectivity index (χ0n) is 21.1. The molecule has 0 saturated carbocycles. The van der Waals surface area contributed by atoms with E-state index in [-0.39, 0.29) is 31.7 Å². The number of aromatic nitrogens is 7. The van der Waals surface area contributed by atoms with E-state index >= 15 is 0 Å². The largest absolute Gasteiger partial charge is 0.466 e. The van der Waals surface area contributed by atoms with Crippen LogP contribution in [0.2, 0.25) is 0 Å². The predicted molar refractivity (Wildman–Crippen MR) is 129 cm³/mol. The van der Waals surface area contributed by atoms with Crippen molar-refractivity contribution in [3.05, 3.63) is 47.4 Å². The van der Waals surface area contributed by atoms with Gasteiger partial charge in [0.15, 0.2) is 17.3 Å². The van der Waals surface area contributed by atoms with Gasteiger partial charge in [0.2, 0.25) is 5.91 Å². The van der Waals surface area contributed by atoms with Crippen molar-refractivity contribution >= 4 is 16.9 Å². The lowest BCUT2D eigenvalue weighted by Gasteiger charge is -2.09. The molecule has 37 heavy (non-hydrogen) atoms. The number of rotatable bonds is 9. The summed E-state index contributed by atoms with van der Waals surface area (Å²) in [5.41, 5.74) is 2.97. The maximum atomic E-state index is 12.1. The van der Waals surface area contributed by atoms with Gasteiger partial charge in [0.1, 0.15) is 24.7 Å². The van der Waals surface area contributed by atoms with Crippen LogP contribution in [-0.4, -0.2) is 47.6 Å². The van der Waals surface area contributed by atoms with Gasteiger partial charge in [0.05, 0.1) is 29.4 Å². The third-order valence-corrected chi connectivity index (χ3v) is 5.54. The minimum absolute atomic E-state index is 0.0424. The Morgan fingerprint density at radius 3 is 2.62 bits per heavy atom. The number of furan rings is 1. The summed E-state index contributed by atoms with van der Waals surface area (Å²) < 4.78 is 23.4. The van der Waals surface area contributed by atoms with Gasteiger partial charge in [-0.2, -0.15) is 15.1 Å². The summed E-state index contributed by atoms with van der Waals surface area (Å²) in [6.45, 7) is 9.49. The monoisotopic (exact) mass is 506 g/mol. The number of pyridine rings is 1. The standard InChI is InChI=1S/C24H26N8O5/c1-12(2)32-23-18(8-26-32)17(7-19(28-23)16-6-13(3)35-14(16)4)24-29-20(31-37-24)9-25-21(33)10-34-11-22-27-15(5)30-36-22/h6-8,12H,9-11H2,1-5H3,(H,25,33). The number of carbonyl (C=O) groups excluding carboxylic acids is 1. The summed E-state index contributed by atoms with van der Waals surface area (Å²) in [6, 6.07) is 3.93. The Kier molecular flexibility index (Phi) is 6.53. The number of hydrogen-bond donors (Lipinski definition) is 1. The van der Waals surface area contributed by atoms with E-state index in [4.69, 9.17) is 23.2 Å².